The van der Waals surface area contributed by atoms with Crippen LogP contribution in [0.4, 0.5) is 5.69 Å². The van der Waals surface area contributed by atoms with Gasteiger partial charge in [-0.2, -0.15) is 0 Å². The van der Waals surface area contributed by atoms with Crippen LogP contribution in [0.25, 0.3) is 11.2 Å². The average Bonchev–Trinajstić information content (AvgIpc) is 3.17. The number of anilines is 1. The molecule has 0 spiro atoms. The van der Waals surface area contributed by atoms with Crippen molar-refractivity contribution in [3.8, 4) is 0 Å². The van der Waals surface area contributed by atoms with Crippen LogP contribution in [0, 0.1) is 0 Å². The van der Waals surface area contributed by atoms with E-state index in [9.17, 15) is 9.59 Å². The number of aromatic amines is 1. The van der Waals surface area contributed by atoms with Gasteiger partial charge in [0.25, 0.3) is 5.56 Å². The number of nitrogens with zero attached hydrogens (tertiary/aromatic N) is 3. The first kappa shape index (κ1) is 19.7. The predicted octanol–water partition coefficient (Wildman–Crippen LogP) is 2.71. The zero-order valence-corrected chi connectivity index (χ0v) is 17.0. The maximum absolute atomic E-state index is 13.1. The monoisotopic (exact) mass is 403 g/mol. The summed E-state index contributed by atoms with van der Waals surface area (Å²) in [6.07, 6.45) is 1.83. The molecule has 0 saturated heterocycles. The molecule has 154 valence electrons. The summed E-state index contributed by atoms with van der Waals surface area (Å²) in [4.78, 5) is 33.8. The van der Waals surface area contributed by atoms with Crippen LogP contribution in [0.15, 0.2) is 64.2 Å². The van der Waals surface area contributed by atoms with E-state index >= 15 is 0 Å². The molecule has 3 N–H and O–H groups in total. The largest absolute Gasteiger partial charge is 0.398 e. The normalized spacial score (nSPS) is 11.2. The van der Waals surface area contributed by atoms with Crippen LogP contribution >= 0.6 is 0 Å². The second-order valence-corrected chi connectivity index (χ2v) is 7.38. The van der Waals surface area contributed by atoms with Crippen molar-refractivity contribution in [3.05, 3.63) is 92.4 Å². The number of imidazole rings is 1. The molecule has 2 aromatic carbocycles. The van der Waals surface area contributed by atoms with Gasteiger partial charge in [0.2, 0.25) is 0 Å². The second kappa shape index (κ2) is 8.41. The third-order valence-electron chi connectivity index (χ3n) is 5.24. The van der Waals surface area contributed by atoms with Gasteiger partial charge < -0.3 is 10.7 Å². The quantitative estimate of drug-likeness (QED) is 0.464. The summed E-state index contributed by atoms with van der Waals surface area (Å²) in [5.74, 6) is 0.613. The topological polar surface area (TPSA) is 98.7 Å². The Labute approximate surface area is 173 Å². The molecular weight excluding hydrogens is 378 g/mol. The SMILES string of the molecule is CCCn1c(=O)c2[nH]c(Cc3ccccc3N)nc2n(CCc2ccccc2)c1=O. The first-order valence-electron chi connectivity index (χ1n) is 10.2. The summed E-state index contributed by atoms with van der Waals surface area (Å²) < 4.78 is 2.90. The van der Waals surface area contributed by atoms with Gasteiger partial charge in [0, 0.05) is 25.2 Å². The van der Waals surface area contributed by atoms with Gasteiger partial charge in [-0.05, 0) is 30.0 Å². The minimum absolute atomic E-state index is 0.317. The third-order valence-corrected chi connectivity index (χ3v) is 5.24. The van der Waals surface area contributed by atoms with E-state index < -0.39 is 0 Å². The van der Waals surface area contributed by atoms with Crippen LogP contribution in [-0.2, 0) is 25.9 Å². The van der Waals surface area contributed by atoms with Crippen molar-refractivity contribution >= 4 is 16.9 Å². The summed E-state index contributed by atoms with van der Waals surface area (Å²) in [7, 11) is 0. The number of hydrogen-bond acceptors (Lipinski definition) is 4. The van der Waals surface area contributed by atoms with E-state index in [2.05, 4.69) is 9.97 Å². The number of rotatable bonds is 7. The number of nitrogens with two attached hydrogens (primary N) is 1. The molecule has 0 bridgehead atoms. The van der Waals surface area contributed by atoms with Crippen molar-refractivity contribution in [3.63, 3.8) is 0 Å². The lowest BCUT2D eigenvalue weighted by molar-refractivity contribution is 0.559. The number of benzene rings is 2. The molecule has 0 aliphatic carbocycles. The van der Waals surface area contributed by atoms with Crippen LogP contribution in [0.5, 0.6) is 0 Å². The lowest BCUT2D eigenvalue weighted by Gasteiger charge is -2.10. The molecule has 2 aromatic heterocycles. The Morgan fingerprint density at radius 3 is 2.43 bits per heavy atom. The van der Waals surface area contributed by atoms with Crippen LogP contribution in [-0.4, -0.2) is 19.1 Å². The van der Waals surface area contributed by atoms with Crippen molar-refractivity contribution in [1.29, 1.82) is 0 Å². The standard InChI is InChI=1S/C23H25N5O2/c1-2-13-28-22(29)20-21(26-19(25-20)15-17-10-6-7-11-18(17)24)27(23(28)30)14-12-16-8-4-3-5-9-16/h3-11H,2,12-15,24H2,1H3,(H,25,26). The van der Waals surface area contributed by atoms with E-state index in [4.69, 9.17) is 5.73 Å². The lowest BCUT2D eigenvalue weighted by atomic mass is 10.1. The highest BCUT2D eigenvalue weighted by Crippen LogP contribution is 2.16. The molecule has 7 heteroatoms. The molecule has 4 aromatic rings. The molecular formula is C23H25N5O2. The molecule has 0 aliphatic heterocycles. The first-order valence-corrected chi connectivity index (χ1v) is 10.2. The molecule has 2 heterocycles. The van der Waals surface area contributed by atoms with E-state index in [-0.39, 0.29) is 11.2 Å². The minimum atomic E-state index is -0.326. The molecule has 0 radical (unpaired) electrons. The van der Waals surface area contributed by atoms with E-state index in [1.807, 2.05) is 61.5 Å². The van der Waals surface area contributed by atoms with Crippen molar-refractivity contribution in [2.75, 3.05) is 5.73 Å². The van der Waals surface area contributed by atoms with Crippen LogP contribution in [0.2, 0.25) is 0 Å². The van der Waals surface area contributed by atoms with Crippen LogP contribution in [0.3, 0.4) is 0 Å². The maximum Gasteiger partial charge on any atom is 0.332 e. The van der Waals surface area contributed by atoms with E-state index in [1.54, 1.807) is 4.57 Å². The van der Waals surface area contributed by atoms with Crippen molar-refractivity contribution in [1.82, 2.24) is 19.1 Å². The van der Waals surface area contributed by atoms with Crippen LogP contribution < -0.4 is 17.0 Å². The van der Waals surface area contributed by atoms with Gasteiger partial charge in [0.05, 0.1) is 0 Å². The number of hydrogen-bond donors (Lipinski definition) is 2. The molecule has 0 fully saturated rings. The van der Waals surface area contributed by atoms with Gasteiger partial charge in [0.1, 0.15) is 11.3 Å². The fourth-order valence-corrected chi connectivity index (χ4v) is 3.68. The Bertz CT molecular complexity index is 1280. The highest BCUT2D eigenvalue weighted by atomic mass is 16.2. The zero-order chi connectivity index (χ0) is 21.1. The predicted molar refractivity (Wildman–Crippen MR) is 119 cm³/mol. The number of nitrogens with one attached hydrogen (secondary N) is 1. The Morgan fingerprint density at radius 1 is 0.967 bits per heavy atom. The third kappa shape index (κ3) is 3.78. The zero-order valence-electron chi connectivity index (χ0n) is 17.0. The number of aromatic nitrogens is 4. The molecule has 30 heavy (non-hydrogen) atoms. The maximum atomic E-state index is 13.1. The fourth-order valence-electron chi connectivity index (χ4n) is 3.68. The minimum Gasteiger partial charge on any atom is -0.398 e. The summed E-state index contributed by atoms with van der Waals surface area (Å²) in [5.41, 5.74) is 8.89. The van der Waals surface area contributed by atoms with Crippen molar-refractivity contribution in [2.24, 2.45) is 0 Å². The Kier molecular flexibility index (Phi) is 5.52. The van der Waals surface area contributed by atoms with Gasteiger partial charge in [0.15, 0.2) is 5.65 Å². The lowest BCUT2D eigenvalue weighted by Crippen LogP contribution is -2.40. The van der Waals surface area contributed by atoms with Gasteiger partial charge in [-0.25, -0.2) is 9.78 Å². The number of H-pyrrole nitrogens is 1. The van der Waals surface area contributed by atoms with Gasteiger partial charge in [-0.3, -0.25) is 13.9 Å². The van der Waals surface area contributed by atoms with E-state index in [0.29, 0.717) is 55.0 Å². The molecule has 0 saturated carbocycles. The molecule has 7 nitrogen and oxygen atoms in total. The summed E-state index contributed by atoms with van der Waals surface area (Å²) in [5, 5.41) is 0. The van der Waals surface area contributed by atoms with Gasteiger partial charge in [-0.15, -0.1) is 0 Å². The summed E-state index contributed by atoms with van der Waals surface area (Å²) >= 11 is 0. The fraction of sp³-hybridized carbons (Fsp3) is 0.261. The Morgan fingerprint density at radius 2 is 1.70 bits per heavy atom. The first-order chi connectivity index (χ1) is 14.6. The highest BCUT2D eigenvalue weighted by Gasteiger charge is 2.17. The summed E-state index contributed by atoms with van der Waals surface area (Å²) in [6.45, 7) is 2.76. The number of fused-ring (bicyclic) bond motifs is 1. The average molecular weight is 403 g/mol. The van der Waals surface area contributed by atoms with Crippen LogP contribution in [0.1, 0.15) is 30.3 Å². The van der Waals surface area contributed by atoms with E-state index in [0.717, 1.165) is 11.1 Å². The molecule has 0 unspecified atom stereocenters. The summed E-state index contributed by atoms with van der Waals surface area (Å²) in [6, 6.07) is 17.5. The highest BCUT2D eigenvalue weighted by molar-refractivity contribution is 5.70. The van der Waals surface area contributed by atoms with Crippen molar-refractivity contribution < 1.29 is 0 Å². The van der Waals surface area contributed by atoms with E-state index in [1.165, 1.54) is 4.57 Å². The molecule has 0 aliphatic rings. The molecule has 0 amide bonds. The number of para-hydroxylation sites is 1. The number of nitrogen functional groups attached to an aromatic ring is 1. The smallest absolute Gasteiger partial charge is 0.332 e. The van der Waals surface area contributed by atoms with Crippen molar-refractivity contribution in [2.45, 2.75) is 39.3 Å². The Balaban J connectivity index is 1.79. The van der Waals surface area contributed by atoms with Gasteiger partial charge in [-0.1, -0.05) is 55.5 Å². The molecule has 4 rings (SSSR count). The second-order valence-electron chi connectivity index (χ2n) is 7.38. The Hall–Kier alpha value is -3.61. The number of aryl methyl sites for hydroxylation is 2. The van der Waals surface area contributed by atoms with Gasteiger partial charge >= 0.3 is 5.69 Å². The molecule has 0 atom stereocenters.